The van der Waals surface area contributed by atoms with E-state index in [-0.39, 0.29) is 11.8 Å². The summed E-state index contributed by atoms with van der Waals surface area (Å²) in [4.78, 5) is 27.8. The summed E-state index contributed by atoms with van der Waals surface area (Å²) in [6.45, 7) is -0.0571. The van der Waals surface area contributed by atoms with Gasteiger partial charge in [-0.25, -0.2) is 9.78 Å². The number of fused-ring (bicyclic) bond motifs is 1. The van der Waals surface area contributed by atoms with Crippen molar-refractivity contribution in [2.75, 3.05) is 6.61 Å². The van der Waals surface area contributed by atoms with E-state index in [1.165, 1.54) is 12.2 Å². The van der Waals surface area contributed by atoms with Crippen LogP contribution in [0, 0.1) is 0 Å². The zero-order valence-electron chi connectivity index (χ0n) is 14.1. The van der Waals surface area contributed by atoms with E-state index in [9.17, 15) is 9.59 Å². The molecule has 0 aliphatic heterocycles. The van der Waals surface area contributed by atoms with Gasteiger partial charge in [-0.15, -0.1) is 0 Å². The van der Waals surface area contributed by atoms with Crippen molar-refractivity contribution >= 4 is 46.8 Å². The summed E-state index contributed by atoms with van der Waals surface area (Å²) < 4.78 is 6.67. The van der Waals surface area contributed by atoms with Crippen molar-refractivity contribution in [3.63, 3.8) is 0 Å². The Hall–Kier alpha value is -2.83. The first kappa shape index (κ1) is 18.9. The molecule has 0 fully saturated rings. The first-order chi connectivity index (χ1) is 13.0. The predicted octanol–water partition coefficient (Wildman–Crippen LogP) is 3.51. The van der Waals surface area contributed by atoms with Crippen LogP contribution in [-0.4, -0.2) is 27.9 Å². The molecule has 6 nitrogen and oxygen atoms in total. The average Bonchev–Trinajstić information content (AvgIpc) is 2.99. The highest BCUT2D eigenvalue weighted by molar-refractivity contribution is 6.31. The Labute approximate surface area is 165 Å². The van der Waals surface area contributed by atoms with Crippen molar-refractivity contribution in [2.45, 2.75) is 6.54 Å². The second kappa shape index (κ2) is 8.70. The molecule has 0 aliphatic carbocycles. The largest absolute Gasteiger partial charge is 0.452 e. The Morgan fingerprint density at radius 2 is 1.93 bits per heavy atom. The minimum Gasteiger partial charge on any atom is -0.452 e. The summed E-state index contributed by atoms with van der Waals surface area (Å²) in [7, 11) is 0. The van der Waals surface area contributed by atoms with Gasteiger partial charge in [0.2, 0.25) is 0 Å². The molecule has 0 spiro atoms. The Morgan fingerprint density at radius 1 is 1.15 bits per heavy atom. The second-order valence-electron chi connectivity index (χ2n) is 5.56. The lowest BCUT2D eigenvalue weighted by Gasteiger charge is -2.05. The summed E-state index contributed by atoms with van der Waals surface area (Å²) >= 11 is 11.9. The van der Waals surface area contributed by atoms with Crippen LogP contribution in [-0.2, 0) is 20.9 Å². The van der Waals surface area contributed by atoms with Crippen LogP contribution in [0.5, 0.6) is 0 Å². The Kier molecular flexibility index (Phi) is 6.11. The third-order valence-corrected chi connectivity index (χ3v) is 4.18. The number of esters is 1. The van der Waals surface area contributed by atoms with Gasteiger partial charge in [-0.05, 0) is 35.9 Å². The third-order valence-electron chi connectivity index (χ3n) is 3.65. The van der Waals surface area contributed by atoms with E-state index in [1.807, 2.05) is 12.1 Å². The molecule has 27 heavy (non-hydrogen) atoms. The van der Waals surface area contributed by atoms with Crippen molar-refractivity contribution in [3.8, 4) is 0 Å². The van der Waals surface area contributed by atoms with Crippen LogP contribution in [0.25, 0.3) is 11.7 Å². The highest BCUT2D eigenvalue weighted by Gasteiger charge is 2.09. The first-order valence-electron chi connectivity index (χ1n) is 8.01. The number of halogens is 2. The van der Waals surface area contributed by atoms with E-state index in [2.05, 4.69) is 10.3 Å². The molecule has 0 aliphatic rings. The zero-order valence-corrected chi connectivity index (χ0v) is 15.6. The maximum atomic E-state index is 11.8. The van der Waals surface area contributed by atoms with Gasteiger partial charge >= 0.3 is 5.97 Å². The molecule has 0 saturated carbocycles. The number of pyridine rings is 1. The van der Waals surface area contributed by atoms with Crippen LogP contribution in [0.3, 0.4) is 0 Å². The molecule has 3 rings (SSSR count). The molecular weight excluding hydrogens is 389 g/mol. The van der Waals surface area contributed by atoms with Crippen molar-refractivity contribution in [3.05, 3.63) is 76.2 Å². The summed E-state index contributed by atoms with van der Waals surface area (Å²) in [6.07, 6.45) is 4.48. The van der Waals surface area contributed by atoms with Crippen LogP contribution in [0.4, 0.5) is 0 Å². The van der Waals surface area contributed by atoms with Crippen LogP contribution in [0.2, 0.25) is 10.2 Å². The molecule has 1 amide bonds. The molecule has 8 heteroatoms. The number of ether oxygens (including phenoxy) is 1. The van der Waals surface area contributed by atoms with Crippen molar-refractivity contribution in [1.82, 2.24) is 14.7 Å². The molecular formula is C19H15Cl2N3O3. The number of rotatable bonds is 6. The summed E-state index contributed by atoms with van der Waals surface area (Å²) in [5, 5.41) is 3.55. The van der Waals surface area contributed by atoms with Crippen LogP contribution < -0.4 is 5.32 Å². The summed E-state index contributed by atoms with van der Waals surface area (Å²) in [5.74, 6) is -1.06. The zero-order chi connectivity index (χ0) is 19.2. The lowest BCUT2D eigenvalue weighted by molar-refractivity contribution is -0.143. The number of amides is 1. The van der Waals surface area contributed by atoms with E-state index in [0.29, 0.717) is 22.9 Å². The monoisotopic (exact) mass is 403 g/mol. The molecule has 0 bridgehead atoms. The fourth-order valence-corrected chi connectivity index (χ4v) is 2.69. The van der Waals surface area contributed by atoms with Crippen LogP contribution in [0.1, 0.15) is 11.3 Å². The molecule has 0 radical (unpaired) electrons. The van der Waals surface area contributed by atoms with Gasteiger partial charge in [-0.2, -0.15) is 0 Å². The van der Waals surface area contributed by atoms with Crippen LogP contribution >= 0.6 is 23.2 Å². The maximum absolute atomic E-state index is 11.8. The minimum atomic E-state index is -0.654. The molecule has 0 saturated heterocycles. The van der Waals surface area contributed by atoms with E-state index >= 15 is 0 Å². The molecule has 138 valence electrons. The molecule has 1 N–H and O–H groups in total. The predicted molar refractivity (Wildman–Crippen MR) is 103 cm³/mol. The molecule has 2 aromatic heterocycles. The van der Waals surface area contributed by atoms with Gasteiger partial charge in [0, 0.05) is 23.8 Å². The standard InChI is InChI=1S/C19H15Cl2N3O3/c20-14-6-4-13(5-7-14)11-22-17(25)12-27-18(26)9-8-15-19(21)23-16-3-1-2-10-24(15)16/h1-10H,11-12H2,(H,22,25)/b9-8+. The summed E-state index contributed by atoms with van der Waals surface area (Å²) in [6, 6.07) is 12.5. The van der Waals surface area contributed by atoms with Crippen molar-refractivity contribution in [2.24, 2.45) is 0 Å². The average molecular weight is 404 g/mol. The van der Waals surface area contributed by atoms with E-state index in [4.69, 9.17) is 27.9 Å². The molecule has 2 heterocycles. The number of hydrogen-bond acceptors (Lipinski definition) is 4. The maximum Gasteiger partial charge on any atom is 0.331 e. The van der Waals surface area contributed by atoms with Gasteiger partial charge in [0.15, 0.2) is 11.8 Å². The minimum absolute atomic E-state index is 0.269. The topological polar surface area (TPSA) is 72.7 Å². The quantitative estimate of drug-likeness (QED) is 0.504. The normalized spacial score (nSPS) is 11.0. The van der Waals surface area contributed by atoms with E-state index in [1.54, 1.807) is 40.9 Å². The van der Waals surface area contributed by atoms with Gasteiger partial charge in [0.25, 0.3) is 5.91 Å². The Morgan fingerprint density at radius 3 is 2.70 bits per heavy atom. The van der Waals surface area contributed by atoms with Gasteiger partial charge in [-0.3, -0.25) is 9.20 Å². The highest BCUT2D eigenvalue weighted by Crippen LogP contribution is 2.18. The van der Waals surface area contributed by atoms with E-state index < -0.39 is 11.9 Å². The lowest BCUT2D eigenvalue weighted by atomic mass is 10.2. The Bertz CT molecular complexity index is 997. The van der Waals surface area contributed by atoms with Gasteiger partial charge < -0.3 is 10.1 Å². The number of hydrogen-bond donors (Lipinski definition) is 1. The third kappa shape index (κ3) is 5.09. The highest BCUT2D eigenvalue weighted by atomic mass is 35.5. The van der Waals surface area contributed by atoms with Gasteiger partial charge in [0.05, 0.1) is 5.69 Å². The second-order valence-corrected chi connectivity index (χ2v) is 6.36. The number of carbonyl (C=O) groups excluding carboxylic acids is 2. The fourth-order valence-electron chi connectivity index (χ4n) is 2.32. The Balaban J connectivity index is 1.50. The fraction of sp³-hybridized carbons (Fsp3) is 0.105. The van der Waals surface area contributed by atoms with Gasteiger partial charge in [-0.1, -0.05) is 41.4 Å². The first-order valence-corrected chi connectivity index (χ1v) is 8.77. The number of benzene rings is 1. The molecule has 0 unspecified atom stereocenters. The molecule has 3 aromatic rings. The van der Waals surface area contributed by atoms with Crippen LogP contribution in [0.15, 0.2) is 54.7 Å². The summed E-state index contributed by atoms with van der Waals surface area (Å²) in [5.41, 5.74) is 2.11. The number of aromatic nitrogens is 2. The van der Waals surface area contributed by atoms with E-state index in [0.717, 1.165) is 5.56 Å². The van der Waals surface area contributed by atoms with Crippen molar-refractivity contribution in [1.29, 1.82) is 0 Å². The lowest BCUT2D eigenvalue weighted by Crippen LogP contribution is -2.28. The van der Waals surface area contributed by atoms with Crippen molar-refractivity contribution < 1.29 is 14.3 Å². The number of nitrogens with one attached hydrogen (secondary N) is 1. The smallest absolute Gasteiger partial charge is 0.331 e. The molecule has 0 atom stereocenters. The number of imidazole rings is 1. The molecule has 1 aromatic carbocycles. The number of carbonyl (C=O) groups is 2. The SMILES string of the molecule is O=C(COC(=O)/C=C/c1c(Cl)nc2ccccn12)NCc1ccc(Cl)cc1. The number of nitrogens with zero attached hydrogens (tertiary/aromatic N) is 2. The van der Waals surface area contributed by atoms with Gasteiger partial charge in [0.1, 0.15) is 5.65 Å².